The van der Waals surface area contributed by atoms with E-state index in [1.807, 2.05) is 24.3 Å². The highest BCUT2D eigenvalue weighted by molar-refractivity contribution is 5.62. The zero-order chi connectivity index (χ0) is 14.5. The van der Waals surface area contributed by atoms with Crippen molar-refractivity contribution in [2.24, 2.45) is 5.92 Å². The summed E-state index contributed by atoms with van der Waals surface area (Å²) in [6, 6.07) is 7.99. The summed E-state index contributed by atoms with van der Waals surface area (Å²) in [6.45, 7) is 8.22. The molecule has 0 aliphatic carbocycles. The van der Waals surface area contributed by atoms with E-state index in [0.717, 1.165) is 41.6 Å². The summed E-state index contributed by atoms with van der Waals surface area (Å²) < 4.78 is 5.18. The molecule has 0 saturated heterocycles. The molecule has 0 spiro atoms. The number of benzene rings is 1. The average molecular weight is 273 g/mol. The van der Waals surface area contributed by atoms with Crippen molar-refractivity contribution >= 4 is 0 Å². The Labute approximate surface area is 120 Å². The van der Waals surface area contributed by atoms with E-state index in [0.29, 0.717) is 5.92 Å². The van der Waals surface area contributed by atoms with Crippen LogP contribution in [-0.2, 0) is 6.54 Å². The van der Waals surface area contributed by atoms with E-state index in [2.05, 4.69) is 36.1 Å². The van der Waals surface area contributed by atoms with Gasteiger partial charge in [-0.3, -0.25) is 0 Å². The Bertz CT molecular complexity index is 543. The Morgan fingerprint density at radius 3 is 2.55 bits per heavy atom. The molecule has 0 aliphatic rings. The molecule has 4 heteroatoms. The number of hydrogen-bond donors (Lipinski definition) is 2. The lowest BCUT2D eigenvalue weighted by Crippen LogP contribution is -2.19. The number of imidazole rings is 1. The van der Waals surface area contributed by atoms with Crippen molar-refractivity contribution in [3.63, 3.8) is 0 Å². The van der Waals surface area contributed by atoms with Gasteiger partial charge >= 0.3 is 0 Å². The van der Waals surface area contributed by atoms with Gasteiger partial charge in [0, 0.05) is 11.3 Å². The molecule has 20 heavy (non-hydrogen) atoms. The van der Waals surface area contributed by atoms with Gasteiger partial charge in [-0.15, -0.1) is 0 Å². The third-order valence-corrected chi connectivity index (χ3v) is 3.14. The lowest BCUT2D eigenvalue weighted by Gasteiger charge is -2.04. The molecule has 1 aromatic heterocycles. The molecule has 0 atom stereocenters. The predicted octanol–water partition coefficient (Wildman–Crippen LogP) is 3.14. The third-order valence-electron chi connectivity index (χ3n) is 3.14. The molecule has 1 aromatic carbocycles. The number of nitrogens with zero attached hydrogens (tertiary/aromatic N) is 1. The number of methoxy groups -OCH3 is 1. The highest BCUT2D eigenvalue weighted by Gasteiger charge is 2.09. The van der Waals surface area contributed by atoms with Gasteiger partial charge in [0.15, 0.2) is 0 Å². The Hall–Kier alpha value is -1.81. The van der Waals surface area contributed by atoms with Crippen LogP contribution in [0.25, 0.3) is 11.3 Å². The van der Waals surface area contributed by atoms with Crippen molar-refractivity contribution in [3.05, 3.63) is 35.8 Å². The first-order valence-electron chi connectivity index (χ1n) is 7.00. The summed E-state index contributed by atoms with van der Waals surface area (Å²) >= 11 is 0. The van der Waals surface area contributed by atoms with E-state index in [9.17, 15) is 0 Å². The minimum Gasteiger partial charge on any atom is -0.497 e. The molecule has 0 radical (unpaired) electrons. The smallest absolute Gasteiger partial charge is 0.121 e. The van der Waals surface area contributed by atoms with Crippen LogP contribution in [0.3, 0.4) is 0 Å². The summed E-state index contributed by atoms with van der Waals surface area (Å²) in [4.78, 5) is 8.01. The van der Waals surface area contributed by atoms with Crippen LogP contribution in [-0.4, -0.2) is 23.6 Å². The molecule has 4 nitrogen and oxygen atoms in total. The van der Waals surface area contributed by atoms with Gasteiger partial charge in [0.25, 0.3) is 0 Å². The van der Waals surface area contributed by atoms with Gasteiger partial charge in [-0.1, -0.05) is 13.8 Å². The number of aromatic nitrogens is 2. The first-order chi connectivity index (χ1) is 9.60. The maximum Gasteiger partial charge on any atom is 0.121 e. The Morgan fingerprint density at radius 1 is 1.25 bits per heavy atom. The maximum absolute atomic E-state index is 5.18. The minimum atomic E-state index is 0.645. The van der Waals surface area contributed by atoms with Gasteiger partial charge in [-0.2, -0.15) is 0 Å². The van der Waals surface area contributed by atoms with Gasteiger partial charge in [0.05, 0.1) is 19.3 Å². The summed E-state index contributed by atoms with van der Waals surface area (Å²) in [5, 5.41) is 3.40. The second kappa shape index (κ2) is 6.57. The Morgan fingerprint density at radius 2 is 1.95 bits per heavy atom. The first-order valence-corrected chi connectivity index (χ1v) is 7.00. The van der Waals surface area contributed by atoms with Crippen molar-refractivity contribution in [3.8, 4) is 17.0 Å². The van der Waals surface area contributed by atoms with Crippen molar-refractivity contribution in [1.82, 2.24) is 15.3 Å². The number of hydrogen-bond acceptors (Lipinski definition) is 3. The number of nitrogens with one attached hydrogen (secondary N) is 2. The predicted molar refractivity (Wildman–Crippen MR) is 81.9 cm³/mol. The second-order valence-electron chi connectivity index (χ2n) is 5.41. The van der Waals surface area contributed by atoms with Crippen LogP contribution in [0.4, 0.5) is 0 Å². The molecule has 0 fully saturated rings. The molecular weight excluding hydrogens is 250 g/mol. The number of aromatic amines is 1. The van der Waals surface area contributed by atoms with Crippen molar-refractivity contribution in [2.45, 2.75) is 27.3 Å². The van der Waals surface area contributed by atoms with Crippen LogP contribution in [0.5, 0.6) is 5.75 Å². The van der Waals surface area contributed by atoms with Crippen LogP contribution in [0, 0.1) is 12.8 Å². The van der Waals surface area contributed by atoms with E-state index in [1.165, 1.54) is 0 Å². The summed E-state index contributed by atoms with van der Waals surface area (Å²) in [5.41, 5.74) is 3.21. The standard InChI is InChI=1S/C16H23N3O/c1-11(2)9-17-10-15-18-12(3)16(19-15)13-5-7-14(20-4)8-6-13/h5-8,11,17H,9-10H2,1-4H3,(H,18,19). The van der Waals surface area contributed by atoms with Crippen LogP contribution in [0.15, 0.2) is 24.3 Å². The lowest BCUT2D eigenvalue weighted by molar-refractivity contribution is 0.415. The van der Waals surface area contributed by atoms with Gasteiger partial charge in [-0.05, 0) is 43.7 Å². The second-order valence-corrected chi connectivity index (χ2v) is 5.41. The van der Waals surface area contributed by atoms with Crippen molar-refractivity contribution in [2.75, 3.05) is 13.7 Å². The average Bonchev–Trinajstić information content (AvgIpc) is 2.79. The lowest BCUT2D eigenvalue weighted by atomic mass is 10.1. The molecule has 108 valence electrons. The van der Waals surface area contributed by atoms with Crippen LogP contribution in [0.1, 0.15) is 25.4 Å². The highest BCUT2D eigenvalue weighted by atomic mass is 16.5. The molecule has 2 rings (SSSR count). The van der Waals surface area contributed by atoms with Crippen LogP contribution in [0.2, 0.25) is 0 Å². The summed E-state index contributed by atoms with van der Waals surface area (Å²) in [5.74, 6) is 2.49. The molecule has 0 aliphatic heterocycles. The number of rotatable bonds is 6. The molecule has 2 aromatic rings. The van der Waals surface area contributed by atoms with Crippen molar-refractivity contribution in [1.29, 1.82) is 0 Å². The topological polar surface area (TPSA) is 49.9 Å². The van der Waals surface area contributed by atoms with Gasteiger partial charge < -0.3 is 15.0 Å². The molecular formula is C16H23N3O. The number of aryl methyl sites for hydroxylation is 1. The fourth-order valence-electron chi connectivity index (χ4n) is 2.12. The van der Waals surface area contributed by atoms with E-state index < -0.39 is 0 Å². The number of H-pyrrole nitrogens is 1. The molecule has 0 saturated carbocycles. The largest absolute Gasteiger partial charge is 0.497 e. The summed E-state index contributed by atoms with van der Waals surface area (Å²) in [6.07, 6.45) is 0. The third kappa shape index (κ3) is 3.61. The summed E-state index contributed by atoms with van der Waals surface area (Å²) in [7, 11) is 1.67. The maximum atomic E-state index is 5.18. The van der Waals surface area contributed by atoms with Gasteiger partial charge in [-0.25, -0.2) is 4.98 Å². The Kier molecular flexibility index (Phi) is 4.79. The number of ether oxygens (including phenoxy) is 1. The van der Waals surface area contributed by atoms with E-state index in [-0.39, 0.29) is 0 Å². The SMILES string of the molecule is COc1ccc(-c2nc(CNCC(C)C)[nH]c2C)cc1. The fraction of sp³-hybridized carbons (Fsp3) is 0.438. The molecule has 0 unspecified atom stereocenters. The zero-order valence-electron chi connectivity index (χ0n) is 12.7. The zero-order valence-corrected chi connectivity index (χ0v) is 12.7. The highest BCUT2D eigenvalue weighted by Crippen LogP contribution is 2.23. The molecule has 1 heterocycles. The van der Waals surface area contributed by atoms with Gasteiger partial charge in [0.2, 0.25) is 0 Å². The monoisotopic (exact) mass is 273 g/mol. The van der Waals surface area contributed by atoms with E-state index in [1.54, 1.807) is 7.11 Å². The molecule has 2 N–H and O–H groups in total. The van der Waals surface area contributed by atoms with E-state index in [4.69, 9.17) is 4.74 Å². The van der Waals surface area contributed by atoms with Crippen molar-refractivity contribution < 1.29 is 4.74 Å². The van der Waals surface area contributed by atoms with Gasteiger partial charge in [0.1, 0.15) is 11.6 Å². The molecule has 0 amide bonds. The normalized spacial score (nSPS) is 11.1. The first kappa shape index (κ1) is 14.6. The minimum absolute atomic E-state index is 0.645. The van der Waals surface area contributed by atoms with E-state index >= 15 is 0 Å². The Balaban J connectivity index is 2.09. The quantitative estimate of drug-likeness (QED) is 0.850. The van der Waals surface area contributed by atoms with Crippen LogP contribution >= 0.6 is 0 Å². The fourth-order valence-corrected chi connectivity index (χ4v) is 2.12. The van der Waals surface area contributed by atoms with Crippen LogP contribution < -0.4 is 10.1 Å². The molecule has 0 bridgehead atoms.